The number of hydrogen-bond donors (Lipinski definition) is 2. The molecule has 4 aromatic heterocycles. The largest absolute Gasteiger partial charge is 0.346 e. The molecule has 4 aromatic rings. The van der Waals surface area contributed by atoms with E-state index in [2.05, 4.69) is 49.1 Å². The van der Waals surface area contributed by atoms with Gasteiger partial charge in [-0.05, 0) is 61.6 Å². The van der Waals surface area contributed by atoms with Crippen molar-refractivity contribution in [2.24, 2.45) is 0 Å². The van der Waals surface area contributed by atoms with Crippen molar-refractivity contribution in [2.45, 2.75) is 50.7 Å². The SMILES string of the molecule is Cc1c[nH]c2ncc(C3N(C(=O)N[C@H](C)c4cncc(F)c4)CCC34CCn3nccc34)cc12. The Labute approximate surface area is 196 Å². The van der Waals surface area contributed by atoms with Gasteiger partial charge in [-0.3, -0.25) is 9.67 Å². The molecule has 3 atom stereocenters. The minimum Gasteiger partial charge on any atom is -0.346 e. The Hall–Kier alpha value is -3.75. The molecule has 9 heteroatoms. The van der Waals surface area contributed by atoms with Gasteiger partial charge < -0.3 is 15.2 Å². The van der Waals surface area contributed by atoms with E-state index in [1.165, 1.54) is 11.8 Å². The lowest BCUT2D eigenvalue weighted by Crippen LogP contribution is -2.43. The van der Waals surface area contributed by atoms with Gasteiger partial charge in [0.15, 0.2) is 0 Å². The molecule has 34 heavy (non-hydrogen) atoms. The van der Waals surface area contributed by atoms with Crippen LogP contribution in [0.25, 0.3) is 11.0 Å². The molecule has 0 radical (unpaired) electrons. The first-order chi connectivity index (χ1) is 16.5. The van der Waals surface area contributed by atoms with Gasteiger partial charge in [-0.15, -0.1) is 0 Å². The number of carbonyl (C=O) groups is 1. The van der Waals surface area contributed by atoms with E-state index in [1.54, 1.807) is 6.20 Å². The van der Waals surface area contributed by atoms with Crippen LogP contribution in [0.5, 0.6) is 0 Å². The fourth-order valence-corrected chi connectivity index (χ4v) is 5.82. The second-order valence-electron chi connectivity index (χ2n) is 9.44. The van der Waals surface area contributed by atoms with E-state index in [-0.39, 0.29) is 23.5 Å². The van der Waals surface area contributed by atoms with Crippen LogP contribution in [0.2, 0.25) is 0 Å². The van der Waals surface area contributed by atoms with E-state index in [9.17, 15) is 9.18 Å². The predicted octanol–water partition coefficient (Wildman–Crippen LogP) is 4.16. The molecule has 2 N–H and O–H groups in total. The third-order valence-electron chi connectivity index (χ3n) is 7.53. The van der Waals surface area contributed by atoms with Crippen LogP contribution in [0.3, 0.4) is 0 Å². The molecular weight excluding hydrogens is 433 g/mol. The van der Waals surface area contributed by atoms with Gasteiger partial charge in [-0.2, -0.15) is 5.10 Å². The molecule has 0 saturated carbocycles. The molecule has 1 saturated heterocycles. The zero-order valence-electron chi connectivity index (χ0n) is 19.1. The third-order valence-corrected chi connectivity index (χ3v) is 7.53. The third kappa shape index (κ3) is 3.10. The summed E-state index contributed by atoms with van der Waals surface area (Å²) in [4.78, 5) is 27.3. The van der Waals surface area contributed by atoms with Crippen LogP contribution < -0.4 is 5.32 Å². The molecule has 0 aromatic carbocycles. The Bertz CT molecular complexity index is 1390. The number of hydrogen-bond acceptors (Lipinski definition) is 4. The highest BCUT2D eigenvalue weighted by Crippen LogP contribution is 2.54. The van der Waals surface area contributed by atoms with Gasteiger partial charge in [0.2, 0.25) is 0 Å². The van der Waals surface area contributed by atoms with Crippen LogP contribution >= 0.6 is 0 Å². The standard InChI is InChI=1S/C25H26FN7O/c1-15-11-28-23-20(15)10-18(13-29-23)22-25(5-8-33-21(25)3-6-30-33)4-7-32(22)24(34)31-16(2)17-9-19(26)14-27-12-17/h3,6,9-14,16,22H,4-5,7-8H2,1-2H3,(H,28,29)(H,31,34)/t16-,22?,25?/m1/s1. The van der Waals surface area contributed by atoms with Crippen molar-refractivity contribution in [2.75, 3.05) is 6.54 Å². The topological polar surface area (TPSA) is 91.7 Å². The van der Waals surface area contributed by atoms with E-state index in [4.69, 9.17) is 0 Å². The number of pyridine rings is 2. The summed E-state index contributed by atoms with van der Waals surface area (Å²) in [5.74, 6) is -0.419. The number of halogens is 1. The first-order valence-electron chi connectivity index (χ1n) is 11.6. The van der Waals surface area contributed by atoms with Crippen molar-refractivity contribution in [3.05, 3.63) is 77.4 Å². The molecule has 0 bridgehead atoms. The van der Waals surface area contributed by atoms with Gasteiger partial charge in [-0.25, -0.2) is 14.2 Å². The number of likely N-dealkylation sites (tertiary alicyclic amines) is 1. The highest BCUT2D eigenvalue weighted by atomic mass is 19.1. The summed E-state index contributed by atoms with van der Waals surface area (Å²) in [6.07, 6.45) is 10.2. The Kier molecular flexibility index (Phi) is 4.68. The van der Waals surface area contributed by atoms with Crippen molar-refractivity contribution in [1.82, 2.24) is 34.9 Å². The van der Waals surface area contributed by atoms with Crippen molar-refractivity contribution in [3.63, 3.8) is 0 Å². The number of nitrogens with zero attached hydrogens (tertiary/aromatic N) is 5. The molecule has 174 valence electrons. The number of carbonyl (C=O) groups excluding carboxylic acids is 1. The number of nitrogens with one attached hydrogen (secondary N) is 2. The quantitative estimate of drug-likeness (QED) is 0.481. The molecular formula is C25H26FN7O. The fraction of sp³-hybridized carbons (Fsp3) is 0.360. The van der Waals surface area contributed by atoms with Gasteiger partial charge in [0.05, 0.1) is 18.3 Å². The highest BCUT2D eigenvalue weighted by Gasteiger charge is 2.54. The van der Waals surface area contributed by atoms with Crippen LogP contribution in [0, 0.1) is 12.7 Å². The first kappa shape index (κ1) is 20.8. The van der Waals surface area contributed by atoms with Crippen molar-refractivity contribution >= 4 is 17.1 Å². The van der Waals surface area contributed by atoms with Crippen LogP contribution in [-0.4, -0.2) is 42.2 Å². The maximum atomic E-state index is 13.7. The zero-order chi connectivity index (χ0) is 23.4. The molecule has 1 spiro atoms. The van der Waals surface area contributed by atoms with Gasteiger partial charge in [-0.1, -0.05) is 0 Å². The molecule has 2 amide bonds. The Morgan fingerprint density at radius 3 is 2.97 bits per heavy atom. The van der Waals surface area contributed by atoms with Crippen molar-refractivity contribution < 1.29 is 9.18 Å². The molecule has 1 fully saturated rings. The van der Waals surface area contributed by atoms with Crippen LogP contribution in [-0.2, 0) is 12.0 Å². The summed E-state index contributed by atoms with van der Waals surface area (Å²) in [5, 5.41) is 8.63. The van der Waals surface area contributed by atoms with E-state index >= 15 is 0 Å². The number of aromatic amines is 1. The smallest absolute Gasteiger partial charge is 0.318 e. The maximum Gasteiger partial charge on any atom is 0.318 e. The van der Waals surface area contributed by atoms with E-state index in [0.717, 1.165) is 47.7 Å². The second kappa shape index (κ2) is 7.65. The van der Waals surface area contributed by atoms with Crippen LogP contribution in [0.1, 0.15) is 54.2 Å². The van der Waals surface area contributed by atoms with Crippen LogP contribution in [0.4, 0.5) is 9.18 Å². The zero-order valence-corrected chi connectivity index (χ0v) is 19.1. The Balaban J connectivity index is 1.39. The van der Waals surface area contributed by atoms with Crippen LogP contribution in [0.15, 0.2) is 49.2 Å². The number of rotatable bonds is 3. The van der Waals surface area contributed by atoms with Gasteiger partial charge >= 0.3 is 6.03 Å². The monoisotopic (exact) mass is 459 g/mol. The minimum absolute atomic E-state index is 0.178. The molecule has 2 unspecified atom stereocenters. The van der Waals surface area contributed by atoms with Gasteiger partial charge in [0, 0.05) is 54.4 Å². The molecule has 6 heterocycles. The lowest BCUT2D eigenvalue weighted by molar-refractivity contribution is 0.176. The average molecular weight is 460 g/mol. The van der Waals surface area contributed by atoms with Gasteiger partial charge in [0.25, 0.3) is 0 Å². The molecule has 8 nitrogen and oxygen atoms in total. The molecule has 2 aliphatic heterocycles. The number of H-pyrrole nitrogens is 1. The lowest BCUT2D eigenvalue weighted by atomic mass is 9.74. The Morgan fingerprint density at radius 2 is 2.12 bits per heavy atom. The maximum absolute atomic E-state index is 13.7. The highest BCUT2D eigenvalue weighted by molar-refractivity contribution is 5.81. The number of amides is 2. The Morgan fingerprint density at radius 1 is 1.26 bits per heavy atom. The summed E-state index contributed by atoms with van der Waals surface area (Å²) in [5.41, 5.74) is 4.54. The predicted molar refractivity (Wildman–Crippen MR) is 125 cm³/mol. The lowest BCUT2D eigenvalue weighted by Gasteiger charge is -2.35. The number of aryl methyl sites for hydroxylation is 2. The summed E-state index contributed by atoms with van der Waals surface area (Å²) in [6, 6.07) is 4.90. The summed E-state index contributed by atoms with van der Waals surface area (Å²) in [7, 11) is 0. The van der Waals surface area contributed by atoms with E-state index < -0.39 is 5.82 Å². The summed E-state index contributed by atoms with van der Waals surface area (Å²) in [6.45, 7) is 5.34. The van der Waals surface area contributed by atoms with E-state index in [0.29, 0.717) is 12.1 Å². The van der Waals surface area contributed by atoms with Gasteiger partial charge in [0.1, 0.15) is 11.5 Å². The fourth-order valence-electron chi connectivity index (χ4n) is 5.82. The average Bonchev–Trinajstić information content (AvgIpc) is 3.60. The summed E-state index contributed by atoms with van der Waals surface area (Å²) < 4.78 is 15.7. The molecule has 6 rings (SSSR count). The van der Waals surface area contributed by atoms with Crippen molar-refractivity contribution in [1.29, 1.82) is 0 Å². The molecule has 0 aliphatic carbocycles. The minimum atomic E-state index is -0.419. The second-order valence-corrected chi connectivity index (χ2v) is 9.44. The normalized spacial score (nSPS) is 22.4. The first-order valence-corrected chi connectivity index (χ1v) is 11.6. The number of fused-ring (bicyclic) bond motifs is 3. The summed E-state index contributed by atoms with van der Waals surface area (Å²) >= 11 is 0. The number of urea groups is 1. The number of aromatic nitrogens is 5. The molecule has 2 aliphatic rings. The van der Waals surface area contributed by atoms with Crippen molar-refractivity contribution in [3.8, 4) is 0 Å². The van der Waals surface area contributed by atoms with E-state index in [1.807, 2.05) is 30.4 Å².